The Morgan fingerprint density at radius 3 is 2.68 bits per heavy atom. The van der Waals surface area contributed by atoms with E-state index in [1.807, 2.05) is 19.0 Å². The van der Waals surface area contributed by atoms with Gasteiger partial charge in [0.1, 0.15) is 5.82 Å². The van der Waals surface area contributed by atoms with E-state index in [9.17, 15) is 14.3 Å². The summed E-state index contributed by atoms with van der Waals surface area (Å²) in [6.45, 7) is 2.10. The molecule has 0 saturated heterocycles. The molecular weight excluding hydrogens is 271 g/mol. The van der Waals surface area contributed by atoms with Crippen molar-refractivity contribution in [3.8, 4) is 0 Å². The van der Waals surface area contributed by atoms with Crippen molar-refractivity contribution in [1.29, 1.82) is 0 Å². The van der Waals surface area contributed by atoms with Crippen LogP contribution in [0.15, 0.2) is 18.2 Å². The Morgan fingerprint density at radius 2 is 2.16 bits per heavy atom. The summed E-state index contributed by atoms with van der Waals surface area (Å²) in [5.41, 5.74) is -0.882. The molecule has 0 fully saturated rings. The molecule has 0 spiro atoms. The predicted octanol–water partition coefficient (Wildman–Crippen LogP) is 1.52. The summed E-state index contributed by atoms with van der Waals surface area (Å²) < 4.78 is 13.2. The highest BCUT2D eigenvalue weighted by Gasteiger charge is 2.22. The largest absolute Gasteiger partial charge is 0.387 e. The highest BCUT2D eigenvalue weighted by Crippen LogP contribution is 2.15. The quantitative estimate of drug-likeness (QED) is 0.864. The maximum Gasteiger partial charge on any atom is 0.251 e. The zero-order valence-corrected chi connectivity index (χ0v) is 12.0. The first-order chi connectivity index (χ1) is 8.71. The smallest absolute Gasteiger partial charge is 0.251 e. The van der Waals surface area contributed by atoms with Crippen molar-refractivity contribution < 1.29 is 14.3 Å². The van der Waals surface area contributed by atoms with E-state index in [-0.39, 0.29) is 17.1 Å². The number of nitrogens with one attached hydrogen (secondary N) is 1. The van der Waals surface area contributed by atoms with Crippen LogP contribution in [0.4, 0.5) is 4.39 Å². The first-order valence-corrected chi connectivity index (χ1v) is 6.19. The van der Waals surface area contributed by atoms with E-state index in [0.29, 0.717) is 6.54 Å². The Bertz CT molecular complexity index is 464. The van der Waals surface area contributed by atoms with Gasteiger partial charge in [-0.1, -0.05) is 11.6 Å². The molecule has 0 bridgehead atoms. The number of aliphatic hydroxyl groups is 1. The van der Waals surface area contributed by atoms with Crippen molar-refractivity contribution in [3.05, 3.63) is 34.6 Å². The lowest BCUT2D eigenvalue weighted by Crippen LogP contribution is -2.47. The summed E-state index contributed by atoms with van der Waals surface area (Å²) in [6, 6.07) is 3.82. The fourth-order valence-electron chi connectivity index (χ4n) is 1.75. The zero-order chi connectivity index (χ0) is 14.6. The van der Waals surface area contributed by atoms with Crippen LogP contribution >= 0.6 is 11.6 Å². The molecule has 1 atom stereocenters. The van der Waals surface area contributed by atoms with Crippen LogP contribution in [0.5, 0.6) is 0 Å². The van der Waals surface area contributed by atoms with Crippen molar-refractivity contribution in [2.24, 2.45) is 0 Å². The Balaban J connectivity index is 2.62. The van der Waals surface area contributed by atoms with Crippen molar-refractivity contribution >= 4 is 17.5 Å². The monoisotopic (exact) mass is 288 g/mol. The number of benzene rings is 1. The van der Waals surface area contributed by atoms with Gasteiger partial charge >= 0.3 is 0 Å². The van der Waals surface area contributed by atoms with E-state index >= 15 is 0 Å². The molecule has 19 heavy (non-hydrogen) atoms. The second-order valence-corrected chi connectivity index (χ2v) is 5.45. The first-order valence-electron chi connectivity index (χ1n) is 5.82. The number of carbonyl (C=O) groups is 1. The molecule has 0 aliphatic rings. The summed E-state index contributed by atoms with van der Waals surface area (Å²) in [5, 5.41) is 12.6. The van der Waals surface area contributed by atoms with Crippen LogP contribution in [0, 0.1) is 5.82 Å². The van der Waals surface area contributed by atoms with Gasteiger partial charge in [0.2, 0.25) is 0 Å². The summed E-state index contributed by atoms with van der Waals surface area (Å²) in [4.78, 5) is 13.6. The number of likely N-dealkylation sites (N-methyl/N-ethyl adjacent to an activating group) is 1. The third kappa shape index (κ3) is 5.14. The first kappa shape index (κ1) is 15.9. The van der Waals surface area contributed by atoms with Gasteiger partial charge in [0.15, 0.2) is 0 Å². The van der Waals surface area contributed by atoms with Gasteiger partial charge in [-0.2, -0.15) is 0 Å². The average molecular weight is 289 g/mol. The molecule has 0 aromatic heterocycles. The van der Waals surface area contributed by atoms with Crippen molar-refractivity contribution in [2.45, 2.75) is 12.5 Å². The third-order valence-corrected chi connectivity index (χ3v) is 2.77. The number of hydrogen-bond acceptors (Lipinski definition) is 3. The molecule has 0 radical (unpaired) electrons. The molecule has 0 heterocycles. The molecule has 6 heteroatoms. The van der Waals surface area contributed by atoms with Crippen LogP contribution in [0.25, 0.3) is 0 Å². The van der Waals surface area contributed by atoms with Crippen LogP contribution in [0.1, 0.15) is 17.3 Å². The van der Waals surface area contributed by atoms with E-state index < -0.39 is 17.3 Å². The van der Waals surface area contributed by atoms with Gasteiger partial charge < -0.3 is 15.3 Å². The van der Waals surface area contributed by atoms with Crippen molar-refractivity contribution in [3.63, 3.8) is 0 Å². The standard InChI is InChI=1S/C13H18ClFN2O2/c1-13(19,8-17(2)3)7-16-12(18)9-4-5-10(14)11(15)6-9/h4-6,19H,7-8H2,1-3H3,(H,16,18). The fraction of sp³-hybridized carbons (Fsp3) is 0.462. The molecule has 2 N–H and O–H groups in total. The average Bonchev–Trinajstić information content (AvgIpc) is 2.28. The topological polar surface area (TPSA) is 52.6 Å². The van der Waals surface area contributed by atoms with Crippen molar-refractivity contribution in [2.75, 3.05) is 27.2 Å². The summed E-state index contributed by atoms with van der Waals surface area (Å²) in [5.74, 6) is -1.09. The van der Waals surface area contributed by atoms with Crippen LogP contribution in [0.3, 0.4) is 0 Å². The molecule has 1 amide bonds. The maximum absolute atomic E-state index is 13.2. The third-order valence-electron chi connectivity index (χ3n) is 2.47. The molecule has 0 aliphatic heterocycles. The summed E-state index contributed by atoms with van der Waals surface area (Å²) >= 11 is 5.54. The Labute approximate surface area is 117 Å². The minimum absolute atomic E-state index is 0.0313. The van der Waals surface area contributed by atoms with Crippen LogP contribution in [0.2, 0.25) is 5.02 Å². The minimum atomic E-state index is -1.05. The van der Waals surface area contributed by atoms with E-state index in [1.54, 1.807) is 6.92 Å². The Kier molecular flexibility index (Phi) is 5.29. The summed E-state index contributed by atoms with van der Waals surface area (Å²) in [7, 11) is 3.65. The van der Waals surface area contributed by atoms with E-state index in [0.717, 1.165) is 6.07 Å². The number of hydrogen-bond donors (Lipinski definition) is 2. The normalized spacial score (nSPS) is 14.3. The molecule has 1 unspecified atom stereocenters. The number of nitrogens with zero attached hydrogens (tertiary/aromatic N) is 1. The van der Waals surface area contributed by atoms with Gasteiger partial charge in [-0.15, -0.1) is 0 Å². The Morgan fingerprint density at radius 1 is 1.53 bits per heavy atom. The number of amides is 1. The molecule has 1 rings (SSSR count). The highest BCUT2D eigenvalue weighted by molar-refractivity contribution is 6.30. The minimum Gasteiger partial charge on any atom is -0.387 e. The van der Waals surface area contributed by atoms with Crippen LogP contribution in [-0.2, 0) is 0 Å². The second kappa shape index (κ2) is 6.32. The van der Waals surface area contributed by atoms with Crippen molar-refractivity contribution in [1.82, 2.24) is 10.2 Å². The van der Waals surface area contributed by atoms with E-state index in [1.165, 1.54) is 12.1 Å². The molecule has 1 aromatic rings. The van der Waals surface area contributed by atoms with E-state index in [2.05, 4.69) is 5.32 Å². The SMILES string of the molecule is CN(C)CC(C)(O)CNC(=O)c1ccc(Cl)c(F)c1. The van der Waals surface area contributed by atoms with Gasteiger partial charge in [-0.05, 0) is 39.2 Å². The van der Waals surface area contributed by atoms with Gasteiger partial charge in [0.25, 0.3) is 5.91 Å². The number of carbonyl (C=O) groups excluding carboxylic acids is 1. The van der Waals surface area contributed by atoms with Gasteiger partial charge in [-0.3, -0.25) is 4.79 Å². The number of halogens is 2. The fourth-order valence-corrected chi connectivity index (χ4v) is 1.86. The zero-order valence-electron chi connectivity index (χ0n) is 11.2. The molecular formula is C13H18ClFN2O2. The predicted molar refractivity (Wildman–Crippen MR) is 72.9 cm³/mol. The Hall–Kier alpha value is -1.17. The summed E-state index contributed by atoms with van der Waals surface area (Å²) in [6.07, 6.45) is 0. The molecule has 1 aromatic carbocycles. The van der Waals surface area contributed by atoms with Gasteiger partial charge in [-0.25, -0.2) is 4.39 Å². The van der Waals surface area contributed by atoms with Crippen LogP contribution < -0.4 is 5.32 Å². The van der Waals surface area contributed by atoms with Crippen LogP contribution in [-0.4, -0.2) is 48.7 Å². The lowest BCUT2D eigenvalue weighted by atomic mass is 10.1. The highest BCUT2D eigenvalue weighted by atomic mass is 35.5. The van der Waals surface area contributed by atoms with Gasteiger partial charge in [0, 0.05) is 18.7 Å². The molecule has 4 nitrogen and oxygen atoms in total. The maximum atomic E-state index is 13.2. The number of rotatable bonds is 5. The molecule has 106 valence electrons. The molecule has 0 aliphatic carbocycles. The molecule has 0 saturated carbocycles. The second-order valence-electron chi connectivity index (χ2n) is 5.05. The lowest BCUT2D eigenvalue weighted by Gasteiger charge is -2.27. The van der Waals surface area contributed by atoms with Gasteiger partial charge in [0.05, 0.1) is 10.6 Å². The lowest BCUT2D eigenvalue weighted by molar-refractivity contribution is 0.0326. The van der Waals surface area contributed by atoms with E-state index in [4.69, 9.17) is 11.6 Å².